The average Bonchev–Trinajstić information content (AvgIpc) is 2.67. The lowest BCUT2D eigenvalue weighted by Gasteiger charge is -2.15. The van der Waals surface area contributed by atoms with Crippen molar-refractivity contribution >= 4 is 0 Å². The monoisotopic (exact) mass is 217 g/mol. The van der Waals surface area contributed by atoms with Gasteiger partial charge in [-0.2, -0.15) is 0 Å². The van der Waals surface area contributed by atoms with Crippen molar-refractivity contribution < 1.29 is 14.6 Å². The van der Waals surface area contributed by atoms with Gasteiger partial charge in [-0.05, 0) is 26.2 Å². The molecule has 0 aromatic rings. The average molecular weight is 217 g/mol. The lowest BCUT2D eigenvalue weighted by Crippen LogP contribution is -2.34. The lowest BCUT2D eigenvalue weighted by atomic mass is 10.1. The zero-order valence-electron chi connectivity index (χ0n) is 9.74. The first-order valence-corrected chi connectivity index (χ1v) is 5.76. The molecule has 4 nitrogen and oxygen atoms in total. The molecule has 0 amide bonds. The van der Waals surface area contributed by atoms with Crippen molar-refractivity contribution in [3.63, 3.8) is 0 Å². The minimum Gasteiger partial charge on any atom is -0.389 e. The van der Waals surface area contributed by atoms with Crippen LogP contribution in [-0.4, -0.2) is 50.2 Å². The SMILES string of the molecule is CC(C)OCC(O)CNCC1CCOC1. The number of ether oxygens (including phenoxy) is 2. The molecule has 1 aliphatic rings. The van der Waals surface area contributed by atoms with Crippen LogP contribution < -0.4 is 5.32 Å². The molecule has 0 aliphatic carbocycles. The Labute approximate surface area is 92.0 Å². The Balaban J connectivity index is 1.93. The van der Waals surface area contributed by atoms with Crippen LogP contribution >= 0.6 is 0 Å². The van der Waals surface area contributed by atoms with Gasteiger partial charge >= 0.3 is 0 Å². The largest absolute Gasteiger partial charge is 0.389 e. The molecule has 0 bridgehead atoms. The van der Waals surface area contributed by atoms with Crippen LogP contribution in [0.4, 0.5) is 0 Å². The fraction of sp³-hybridized carbons (Fsp3) is 1.00. The molecule has 0 spiro atoms. The third-order valence-corrected chi connectivity index (χ3v) is 2.46. The summed E-state index contributed by atoms with van der Waals surface area (Å²) in [5.74, 6) is 0.614. The van der Waals surface area contributed by atoms with E-state index in [1.165, 1.54) is 0 Å². The predicted molar refractivity (Wildman–Crippen MR) is 58.9 cm³/mol. The summed E-state index contributed by atoms with van der Waals surface area (Å²) in [7, 11) is 0. The van der Waals surface area contributed by atoms with E-state index in [1.54, 1.807) is 0 Å². The van der Waals surface area contributed by atoms with Gasteiger partial charge < -0.3 is 19.9 Å². The maximum absolute atomic E-state index is 9.55. The molecule has 0 aromatic carbocycles. The van der Waals surface area contributed by atoms with Crippen molar-refractivity contribution in [3.05, 3.63) is 0 Å². The second kappa shape index (κ2) is 7.17. The van der Waals surface area contributed by atoms with Crippen LogP contribution in [0.25, 0.3) is 0 Å². The van der Waals surface area contributed by atoms with E-state index in [-0.39, 0.29) is 6.10 Å². The van der Waals surface area contributed by atoms with E-state index in [1.807, 2.05) is 13.8 Å². The Bertz CT molecular complexity index is 158. The van der Waals surface area contributed by atoms with Crippen LogP contribution in [0.2, 0.25) is 0 Å². The number of nitrogens with one attached hydrogen (secondary N) is 1. The van der Waals surface area contributed by atoms with E-state index >= 15 is 0 Å². The summed E-state index contributed by atoms with van der Waals surface area (Å²) in [6, 6.07) is 0. The summed E-state index contributed by atoms with van der Waals surface area (Å²) >= 11 is 0. The Morgan fingerprint density at radius 3 is 2.93 bits per heavy atom. The van der Waals surface area contributed by atoms with Gasteiger partial charge in [-0.3, -0.25) is 0 Å². The highest BCUT2D eigenvalue weighted by Crippen LogP contribution is 2.10. The van der Waals surface area contributed by atoms with Crippen molar-refractivity contribution in [2.75, 3.05) is 32.9 Å². The summed E-state index contributed by atoms with van der Waals surface area (Å²) < 4.78 is 10.6. The van der Waals surface area contributed by atoms with Gasteiger partial charge in [-0.25, -0.2) is 0 Å². The number of hydrogen-bond acceptors (Lipinski definition) is 4. The molecule has 2 atom stereocenters. The topological polar surface area (TPSA) is 50.7 Å². The molecule has 2 unspecified atom stereocenters. The van der Waals surface area contributed by atoms with Gasteiger partial charge in [0.25, 0.3) is 0 Å². The molecule has 0 aromatic heterocycles. The van der Waals surface area contributed by atoms with Crippen LogP contribution in [0.5, 0.6) is 0 Å². The molecule has 0 saturated carbocycles. The standard InChI is InChI=1S/C11H23NO3/c1-9(2)15-8-11(13)6-12-5-10-3-4-14-7-10/h9-13H,3-8H2,1-2H3. The highest BCUT2D eigenvalue weighted by molar-refractivity contribution is 4.68. The van der Waals surface area contributed by atoms with Crippen LogP contribution in [0.3, 0.4) is 0 Å². The van der Waals surface area contributed by atoms with Crippen molar-refractivity contribution in [2.24, 2.45) is 5.92 Å². The highest BCUT2D eigenvalue weighted by atomic mass is 16.5. The number of rotatable bonds is 7. The van der Waals surface area contributed by atoms with Crippen LogP contribution in [-0.2, 0) is 9.47 Å². The molecular weight excluding hydrogens is 194 g/mol. The zero-order chi connectivity index (χ0) is 11.1. The van der Waals surface area contributed by atoms with Gasteiger partial charge in [0.15, 0.2) is 0 Å². The van der Waals surface area contributed by atoms with E-state index in [4.69, 9.17) is 9.47 Å². The van der Waals surface area contributed by atoms with Gasteiger partial charge in [0.1, 0.15) is 0 Å². The molecule has 0 radical (unpaired) electrons. The molecule has 1 heterocycles. The number of hydrogen-bond donors (Lipinski definition) is 2. The third-order valence-electron chi connectivity index (χ3n) is 2.46. The second-order valence-electron chi connectivity index (χ2n) is 4.42. The molecule has 1 saturated heterocycles. The van der Waals surface area contributed by atoms with Crippen molar-refractivity contribution in [1.82, 2.24) is 5.32 Å². The molecule has 15 heavy (non-hydrogen) atoms. The summed E-state index contributed by atoms with van der Waals surface area (Å²) in [6.45, 7) is 7.61. The van der Waals surface area contributed by atoms with Crippen molar-refractivity contribution in [2.45, 2.75) is 32.5 Å². The normalized spacial score (nSPS) is 23.6. The maximum Gasteiger partial charge on any atom is 0.0897 e. The number of aliphatic hydroxyl groups excluding tert-OH is 1. The minimum absolute atomic E-state index is 0.183. The molecule has 1 fully saturated rings. The van der Waals surface area contributed by atoms with Gasteiger partial charge in [0, 0.05) is 19.7 Å². The smallest absolute Gasteiger partial charge is 0.0897 e. The van der Waals surface area contributed by atoms with Crippen molar-refractivity contribution in [1.29, 1.82) is 0 Å². The highest BCUT2D eigenvalue weighted by Gasteiger charge is 2.15. The van der Waals surface area contributed by atoms with E-state index in [9.17, 15) is 5.11 Å². The Hall–Kier alpha value is -0.160. The van der Waals surface area contributed by atoms with Crippen LogP contribution in [0.1, 0.15) is 20.3 Å². The van der Waals surface area contributed by atoms with Crippen molar-refractivity contribution in [3.8, 4) is 0 Å². The van der Waals surface area contributed by atoms with E-state index in [0.717, 1.165) is 26.2 Å². The Kier molecular flexibility index (Phi) is 6.17. The minimum atomic E-state index is -0.408. The summed E-state index contributed by atoms with van der Waals surface area (Å²) in [5, 5.41) is 12.8. The fourth-order valence-electron chi connectivity index (χ4n) is 1.56. The first kappa shape index (κ1) is 12.9. The molecule has 1 rings (SSSR count). The van der Waals surface area contributed by atoms with E-state index in [2.05, 4.69) is 5.32 Å². The first-order valence-electron chi connectivity index (χ1n) is 5.76. The lowest BCUT2D eigenvalue weighted by molar-refractivity contribution is 0.00612. The second-order valence-corrected chi connectivity index (χ2v) is 4.42. The van der Waals surface area contributed by atoms with Gasteiger partial charge in [0.05, 0.1) is 25.4 Å². The van der Waals surface area contributed by atoms with Gasteiger partial charge in [0.2, 0.25) is 0 Å². The molecule has 2 N–H and O–H groups in total. The van der Waals surface area contributed by atoms with Gasteiger partial charge in [-0.15, -0.1) is 0 Å². The Morgan fingerprint density at radius 1 is 1.53 bits per heavy atom. The number of aliphatic hydroxyl groups is 1. The summed E-state index contributed by atoms with van der Waals surface area (Å²) in [6.07, 6.45) is 0.906. The van der Waals surface area contributed by atoms with Crippen LogP contribution in [0.15, 0.2) is 0 Å². The predicted octanol–water partition coefficient (Wildman–Crippen LogP) is 0.398. The quantitative estimate of drug-likeness (QED) is 0.648. The molecule has 4 heteroatoms. The fourth-order valence-corrected chi connectivity index (χ4v) is 1.56. The van der Waals surface area contributed by atoms with E-state index in [0.29, 0.717) is 19.1 Å². The van der Waals surface area contributed by atoms with Gasteiger partial charge in [-0.1, -0.05) is 0 Å². The van der Waals surface area contributed by atoms with Crippen LogP contribution in [0, 0.1) is 5.92 Å². The molecular formula is C11H23NO3. The molecule has 1 aliphatic heterocycles. The third kappa shape index (κ3) is 6.10. The summed E-state index contributed by atoms with van der Waals surface area (Å²) in [5.41, 5.74) is 0. The first-order chi connectivity index (χ1) is 7.18. The Morgan fingerprint density at radius 2 is 2.33 bits per heavy atom. The summed E-state index contributed by atoms with van der Waals surface area (Å²) in [4.78, 5) is 0. The maximum atomic E-state index is 9.55. The van der Waals surface area contributed by atoms with E-state index < -0.39 is 6.10 Å². The molecule has 90 valence electrons. The zero-order valence-corrected chi connectivity index (χ0v) is 9.74.